The van der Waals surface area contributed by atoms with Crippen molar-refractivity contribution in [1.29, 1.82) is 0 Å². The molecule has 3 heteroatoms. The van der Waals surface area contributed by atoms with E-state index in [9.17, 15) is 0 Å². The van der Waals surface area contributed by atoms with Crippen LogP contribution in [0.25, 0.3) is 87.7 Å². The zero-order valence-corrected chi connectivity index (χ0v) is 28.7. The molecule has 9 aromatic carbocycles. The maximum absolute atomic E-state index is 6.63. The van der Waals surface area contributed by atoms with Gasteiger partial charge in [-0.05, 0) is 81.4 Å². The molecule has 3 nitrogen and oxygen atoms in total. The number of benzene rings is 9. The summed E-state index contributed by atoms with van der Waals surface area (Å²) in [6.45, 7) is 0. The van der Waals surface area contributed by atoms with Crippen molar-refractivity contribution < 1.29 is 8.83 Å². The fourth-order valence-corrected chi connectivity index (χ4v) is 8.08. The second-order valence-corrected chi connectivity index (χ2v) is 13.7. The van der Waals surface area contributed by atoms with Crippen LogP contribution in [0.3, 0.4) is 0 Å². The van der Waals surface area contributed by atoms with Crippen LogP contribution in [-0.4, -0.2) is 0 Å². The molecule has 0 amide bonds. The summed E-state index contributed by atoms with van der Waals surface area (Å²) in [6, 6.07) is 66.8. The number of hydrogen-bond donors (Lipinski definition) is 0. The van der Waals surface area contributed by atoms with Crippen LogP contribution in [0.4, 0.5) is 17.1 Å². The first-order valence-corrected chi connectivity index (χ1v) is 18.0. The molecular formula is C50H31NO2. The molecule has 0 aliphatic rings. The van der Waals surface area contributed by atoms with Crippen LogP contribution in [0.1, 0.15) is 0 Å². The Morgan fingerprint density at radius 3 is 1.87 bits per heavy atom. The highest BCUT2D eigenvalue weighted by Crippen LogP contribution is 2.47. The van der Waals surface area contributed by atoms with Crippen LogP contribution in [0.15, 0.2) is 197 Å². The van der Waals surface area contributed by atoms with Gasteiger partial charge in [-0.2, -0.15) is 0 Å². The molecule has 0 saturated carbocycles. The Balaban J connectivity index is 1.08. The van der Waals surface area contributed by atoms with Gasteiger partial charge in [-0.15, -0.1) is 0 Å². The van der Waals surface area contributed by atoms with Crippen molar-refractivity contribution in [2.45, 2.75) is 0 Å². The van der Waals surface area contributed by atoms with E-state index in [1.807, 2.05) is 12.1 Å². The van der Waals surface area contributed by atoms with E-state index >= 15 is 0 Å². The maximum atomic E-state index is 6.63. The molecular weight excluding hydrogens is 647 g/mol. The molecule has 0 aliphatic carbocycles. The van der Waals surface area contributed by atoms with E-state index in [0.29, 0.717) is 0 Å². The van der Waals surface area contributed by atoms with E-state index in [-0.39, 0.29) is 0 Å². The van der Waals surface area contributed by atoms with Crippen molar-refractivity contribution in [3.05, 3.63) is 188 Å². The van der Waals surface area contributed by atoms with E-state index in [1.54, 1.807) is 0 Å². The lowest BCUT2D eigenvalue weighted by molar-refractivity contribution is 0.670. The summed E-state index contributed by atoms with van der Waals surface area (Å²) in [6.07, 6.45) is 0. The zero-order valence-electron chi connectivity index (χ0n) is 28.7. The van der Waals surface area contributed by atoms with Crippen LogP contribution in [-0.2, 0) is 0 Å². The van der Waals surface area contributed by atoms with Crippen molar-refractivity contribution in [2.75, 3.05) is 4.90 Å². The fourth-order valence-electron chi connectivity index (χ4n) is 8.08. The highest BCUT2D eigenvalue weighted by molar-refractivity contribution is 6.22. The molecule has 0 N–H and O–H groups in total. The first-order chi connectivity index (χ1) is 26.3. The summed E-state index contributed by atoms with van der Waals surface area (Å²) in [7, 11) is 0. The van der Waals surface area contributed by atoms with Gasteiger partial charge in [0.1, 0.15) is 22.3 Å². The number of rotatable bonds is 5. The quantitative estimate of drug-likeness (QED) is 0.182. The van der Waals surface area contributed by atoms with Gasteiger partial charge in [0.2, 0.25) is 0 Å². The van der Waals surface area contributed by atoms with Crippen molar-refractivity contribution in [2.24, 2.45) is 0 Å². The van der Waals surface area contributed by atoms with Crippen LogP contribution >= 0.6 is 0 Å². The summed E-state index contributed by atoms with van der Waals surface area (Å²) in [5.74, 6) is 0. The third-order valence-corrected chi connectivity index (χ3v) is 10.6. The van der Waals surface area contributed by atoms with Crippen LogP contribution < -0.4 is 4.90 Å². The molecule has 0 unspecified atom stereocenters. The third kappa shape index (κ3) is 4.75. The Morgan fingerprint density at radius 1 is 0.340 bits per heavy atom. The van der Waals surface area contributed by atoms with E-state index in [4.69, 9.17) is 8.83 Å². The van der Waals surface area contributed by atoms with Crippen molar-refractivity contribution in [1.82, 2.24) is 0 Å². The molecule has 0 radical (unpaired) electrons. The third-order valence-electron chi connectivity index (χ3n) is 10.6. The predicted molar refractivity (Wildman–Crippen MR) is 222 cm³/mol. The van der Waals surface area contributed by atoms with Gasteiger partial charge in [0.25, 0.3) is 0 Å². The monoisotopic (exact) mass is 677 g/mol. The minimum Gasteiger partial charge on any atom is -0.455 e. The SMILES string of the molecule is c1ccc(-c2cccc3c2oc2ccc(-c4ccc(N(c5ccc6ccccc6c5)c5cc6ccccc6c6oc7ccccc7c56)cc4)cc23)cc1. The summed E-state index contributed by atoms with van der Waals surface area (Å²) in [5, 5.41) is 9.07. The molecule has 0 atom stereocenters. The normalized spacial score (nSPS) is 11.8. The van der Waals surface area contributed by atoms with Gasteiger partial charge >= 0.3 is 0 Å². The van der Waals surface area contributed by atoms with E-state index in [1.165, 1.54) is 10.8 Å². The minimum atomic E-state index is 0.881. The zero-order chi connectivity index (χ0) is 34.9. The molecule has 0 spiro atoms. The number of fused-ring (bicyclic) bond motifs is 9. The smallest absolute Gasteiger partial charge is 0.145 e. The van der Waals surface area contributed by atoms with Crippen molar-refractivity contribution >= 4 is 82.5 Å². The van der Waals surface area contributed by atoms with Crippen molar-refractivity contribution in [3.63, 3.8) is 0 Å². The molecule has 53 heavy (non-hydrogen) atoms. The van der Waals surface area contributed by atoms with Gasteiger partial charge in [0, 0.05) is 38.5 Å². The van der Waals surface area contributed by atoms with Crippen LogP contribution in [0, 0.1) is 0 Å². The molecule has 0 saturated heterocycles. The molecule has 0 fully saturated rings. The second kappa shape index (κ2) is 11.7. The predicted octanol–water partition coefficient (Wildman–Crippen LogP) is 14.6. The lowest BCUT2D eigenvalue weighted by Gasteiger charge is -2.27. The highest BCUT2D eigenvalue weighted by atomic mass is 16.3. The van der Waals surface area contributed by atoms with Crippen molar-refractivity contribution in [3.8, 4) is 22.3 Å². The van der Waals surface area contributed by atoms with E-state index in [0.717, 1.165) is 94.0 Å². The Hall–Kier alpha value is -7.10. The number of furan rings is 2. The second-order valence-electron chi connectivity index (χ2n) is 13.7. The van der Waals surface area contributed by atoms with Gasteiger partial charge in [-0.3, -0.25) is 0 Å². The van der Waals surface area contributed by atoms with E-state index < -0.39 is 0 Å². The lowest BCUT2D eigenvalue weighted by Crippen LogP contribution is -2.10. The van der Waals surface area contributed by atoms with Gasteiger partial charge in [-0.25, -0.2) is 0 Å². The summed E-state index contributed by atoms with van der Waals surface area (Å²) < 4.78 is 13.1. The summed E-state index contributed by atoms with van der Waals surface area (Å²) >= 11 is 0. The number of anilines is 3. The molecule has 2 heterocycles. The van der Waals surface area contributed by atoms with Gasteiger partial charge in [0.15, 0.2) is 0 Å². The number of para-hydroxylation sites is 2. The Kier molecular flexibility index (Phi) is 6.55. The van der Waals surface area contributed by atoms with Gasteiger partial charge < -0.3 is 13.7 Å². The number of nitrogens with zero attached hydrogens (tertiary/aromatic N) is 1. The van der Waals surface area contributed by atoms with E-state index in [2.05, 4.69) is 181 Å². The average Bonchev–Trinajstić information content (AvgIpc) is 3.81. The topological polar surface area (TPSA) is 29.5 Å². The van der Waals surface area contributed by atoms with Gasteiger partial charge in [-0.1, -0.05) is 140 Å². The molecule has 11 rings (SSSR count). The molecule has 0 aliphatic heterocycles. The summed E-state index contributed by atoms with van der Waals surface area (Å²) in [5.41, 5.74) is 11.3. The Morgan fingerprint density at radius 2 is 1.00 bits per heavy atom. The molecule has 11 aromatic rings. The standard InChI is InChI=1S/C50H31NO2/c1-2-12-34(13-3-1)40-18-10-19-42-44-30-36(24-28-47(44)52-49(40)42)33-21-25-38(26-22-33)51(39-27-23-32-11-4-5-14-35(32)29-39)45-31-37-15-6-7-16-41(37)50-48(45)43-17-8-9-20-46(43)53-50/h1-31H. The maximum Gasteiger partial charge on any atom is 0.145 e. The Bertz CT molecular complexity index is 3170. The molecule has 2 aromatic heterocycles. The lowest BCUT2D eigenvalue weighted by atomic mass is 9.99. The first kappa shape index (κ1) is 29.6. The van der Waals surface area contributed by atoms with Crippen LogP contribution in [0.5, 0.6) is 0 Å². The molecule has 248 valence electrons. The molecule has 0 bridgehead atoms. The minimum absolute atomic E-state index is 0.881. The summed E-state index contributed by atoms with van der Waals surface area (Å²) in [4.78, 5) is 2.38. The van der Waals surface area contributed by atoms with Gasteiger partial charge in [0.05, 0.1) is 11.1 Å². The Labute approximate surface area is 305 Å². The highest BCUT2D eigenvalue weighted by Gasteiger charge is 2.22. The van der Waals surface area contributed by atoms with Crippen LogP contribution in [0.2, 0.25) is 0 Å². The fraction of sp³-hybridized carbons (Fsp3) is 0. The number of hydrogen-bond acceptors (Lipinski definition) is 3. The average molecular weight is 678 g/mol. The largest absolute Gasteiger partial charge is 0.455 e. The first-order valence-electron chi connectivity index (χ1n) is 18.0.